The van der Waals surface area contributed by atoms with Gasteiger partial charge in [-0.3, -0.25) is 4.79 Å². The largest absolute Gasteiger partial charge is 0.398 e. The zero-order valence-electron chi connectivity index (χ0n) is 8.08. The Morgan fingerprint density at radius 1 is 1.57 bits per heavy atom. The number of thioether (sulfide) groups is 1. The summed E-state index contributed by atoms with van der Waals surface area (Å²) in [5.74, 6) is 0.0347. The minimum atomic E-state index is -0.196. The summed E-state index contributed by atoms with van der Waals surface area (Å²) < 4.78 is 0. The molecule has 1 atom stereocenters. The highest BCUT2D eigenvalue weighted by molar-refractivity contribution is 9.10. The number of Topliss-reactive ketones (excluding diaryl/α,β-unsaturated/α-hetero) is 1. The first-order chi connectivity index (χ1) is 6.57. The van der Waals surface area contributed by atoms with Crippen molar-refractivity contribution in [1.82, 2.24) is 0 Å². The Hall–Kier alpha value is -0.480. The van der Waals surface area contributed by atoms with Crippen molar-refractivity contribution in [2.24, 2.45) is 0 Å². The van der Waals surface area contributed by atoms with E-state index < -0.39 is 0 Å². The fourth-order valence-electron chi connectivity index (χ4n) is 1.18. The lowest BCUT2D eigenvalue weighted by molar-refractivity contribution is 0.0994. The Labute approximate surface area is 96.4 Å². The van der Waals surface area contributed by atoms with Gasteiger partial charge in [-0.15, -0.1) is 11.8 Å². The van der Waals surface area contributed by atoms with E-state index in [2.05, 4.69) is 15.9 Å². The number of halogens is 1. The molecule has 0 bridgehead atoms. The van der Waals surface area contributed by atoms with Crippen LogP contribution in [-0.2, 0) is 0 Å². The van der Waals surface area contributed by atoms with E-state index in [1.807, 2.05) is 18.4 Å². The Kier molecular flexibility index (Phi) is 4.01. The molecule has 14 heavy (non-hydrogen) atoms. The summed E-state index contributed by atoms with van der Waals surface area (Å²) >= 11 is 4.79. The van der Waals surface area contributed by atoms with E-state index in [1.54, 1.807) is 13.0 Å². The molecule has 1 aromatic rings. The smallest absolute Gasteiger partial charge is 0.179 e. The molecule has 0 radical (unpaired) electrons. The standard InChI is InChI=1S/C10H12BrNOS/c1-6(11)10(13)9-7(12)4-3-5-8(9)14-2/h3-6H,12H2,1-2H3. The summed E-state index contributed by atoms with van der Waals surface area (Å²) in [7, 11) is 0. The van der Waals surface area contributed by atoms with Crippen molar-refractivity contribution in [2.45, 2.75) is 16.6 Å². The second-order valence-corrected chi connectivity index (χ2v) is 5.13. The van der Waals surface area contributed by atoms with Crippen molar-refractivity contribution in [2.75, 3.05) is 12.0 Å². The van der Waals surface area contributed by atoms with Crippen LogP contribution in [0.15, 0.2) is 23.1 Å². The van der Waals surface area contributed by atoms with Crippen molar-refractivity contribution >= 4 is 39.2 Å². The van der Waals surface area contributed by atoms with Crippen LogP contribution in [0.4, 0.5) is 5.69 Å². The molecule has 2 N–H and O–H groups in total. The topological polar surface area (TPSA) is 43.1 Å². The number of ketones is 1. The van der Waals surface area contributed by atoms with Gasteiger partial charge in [0.15, 0.2) is 5.78 Å². The van der Waals surface area contributed by atoms with Crippen LogP contribution in [0.3, 0.4) is 0 Å². The van der Waals surface area contributed by atoms with Gasteiger partial charge in [0.05, 0.1) is 10.4 Å². The molecule has 0 aliphatic carbocycles. The molecule has 0 amide bonds. The number of alkyl halides is 1. The highest BCUT2D eigenvalue weighted by Crippen LogP contribution is 2.27. The number of rotatable bonds is 3. The molecule has 0 spiro atoms. The first-order valence-electron chi connectivity index (χ1n) is 4.18. The lowest BCUT2D eigenvalue weighted by Gasteiger charge is -2.10. The highest BCUT2D eigenvalue weighted by Gasteiger charge is 2.18. The fourth-order valence-corrected chi connectivity index (χ4v) is 2.05. The molecule has 1 unspecified atom stereocenters. The zero-order valence-corrected chi connectivity index (χ0v) is 10.5. The third-order valence-corrected chi connectivity index (χ3v) is 3.08. The predicted octanol–water partition coefficient (Wildman–Crippen LogP) is 2.96. The van der Waals surface area contributed by atoms with Crippen molar-refractivity contribution in [3.63, 3.8) is 0 Å². The lowest BCUT2D eigenvalue weighted by Crippen LogP contribution is -2.13. The molecule has 76 valence electrons. The van der Waals surface area contributed by atoms with Crippen LogP contribution in [0.5, 0.6) is 0 Å². The van der Waals surface area contributed by atoms with Gasteiger partial charge in [-0.1, -0.05) is 22.0 Å². The first-order valence-corrected chi connectivity index (χ1v) is 6.32. The van der Waals surface area contributed by atoms with Crippen LogP contribution in [-0.4, -0.2) is 16.9 Å². The summed E-state index contributed by atoms with van der Waals surface area (Å²) in [4.78, 5) is 12.5. The van der Waals surface area contributed by atoms with Crippen LogP contribution in [0.25, 0.3) is 0 Å². The zero-order chi connectivity index (χ0) is 10.7. The maximum absolute atomic E-state index is 11.8. The lowest BCUT2D eigenvalue weighted by atomic mass is 10.1. The van der Waals surface area contributed by atoms with Crippen molar-refractivity contribution in [1.29, 1.82) is 0 Å². The monoisotopic (exact) mass is 273 g/mol. The van der Waals surface area contributed by atoms with Gasteiger partial charge in [-0.2, -0.15) is 0 Å². The number of carbonyl (C=O) groups excluding carboxylic acids is 1. The van der Waals surface area contributed by atoms with Crippen molar-refractivity contribution < 1.29 is 4.79 Å². The Morgan fingerprint density at radius 2 is 2.21 bits per heavy atom. The van der Waals surface area contributed by atoms with Crippen LogP contribution in [0.1, 0.15) is 17.3 Å². The average molecular weight is 274 g/mol. The second kappa shape index (κ2) is 4.84. The van der Waals surface area contributed by atoms with E-state index in [-0.39, 0.29) is 10.6 Å². The van der Waals surface area contributed by atoms with Gasteiger partial charge in [0.1, 0.15) is 0 Å². The summed E-state index contributed by atoms with van der Waals surface area (Å²) in [6.45, 7) is 1.80. The molecule has 4 heteroatoms. The van der Waals surface area contributed by atoms with Gasteiger partial charge in [0.25, 0.3) is 0 Å². The van der Waals surface area contributed by atoms with E-state index in [0.29, 0.717) is 11.3 Å². The number of nitrogen functional groups attached to an aromatic ring is 1. The minimum Gasteiger partial charge on any atom is -0.398 e. The predicted molar refractivity (Wildman–Crippen MR) is 65.4 cm³/mol. The number of carbonyl (C=O) groups is 1. The van der Waals surface area contributed by atoms with Gasteiger partial charge in [-0.05, 0) is 25.3 Å². The van der Waals surface area contributed by atoms with E-state index in [1.165, 1.54) is 11.8 Å². The molecule has 0 aliphatic heterocycles. The average Bonchev–Trinajstić information content (AvgIpc) is 2.16. The quantitative estimate of drug-likeness (QED) is 0.399. The molecule has 0 fully saturated rings. The summed E-state index contributed by atoms with van der Waals surface area (Å²) in [6.07, 6.45) is 1.93. The Morgan fingerprint density at radius 3 is 2.71 bits per heavy atom. The van der Waals surface area contributed by atoms with Crippen LogP contribution in [0.2, 0.25) is 0 Å². The third kappa shape index (κ3) is 2.30. The van der Waals surface area contributed by atoms with Crippen LogP contribution in [0, 0.1) is 0 Å². The molecule has 0 aliphatic rings. The number of hydrogen-bond acceptors (Lipinski definition) is 3. The van der Waals surface area contributed by atoms with E-state index in [4.69, 9.17) is 5.73 Å². The number of nitrogens with two attached hydrogens (primary N) is 1. The van der Waals surface area contributed by atoms with Gasteiger partial charge in [-0.25, -0.2) is 0 Å². The van der Waals surface area contributed by atoms with Gasteiger partial charge in [0.2, 0.25) is 0 Å². The Balaban J connectivity index is 3.23. The second-order valence-electron chi connectivity index (χ2n) is 2.90. The Bertz CT molecular complexity index is 352. The summed E-state index contributed by atoms with van der Waals surface area (Å²) in [5.41, 5.74) is 6.96. The van der Waals surface area contributed by atoms with Crippen molar-refractivity contribution in [3.05, 3.63) is 23.8 Å². The van der Waals surface area contributed by atoms with Crippen LogP contribution >= 0.6 is 27.7 Å². The molecule has 0 aromatic heterocycles. The van der Waals surface area contributed by atoms with Gasteiger partial charge < -0.3 is 5.73 Å². The summed E-state index contributed by atoms with van der Waals surface area (Å²) in [6, 6.07) is 5.52. The maximum Gasteiger partial charge on any atom is 0.179 e. The number of anilines is 1. The molecular formula is C10H12BrNOS. The molecular weight excluding hydrogens is 262 g/mol. The van der Waals surface area contributed by atoms with E-state index in [9.17, 15) is 4.79 Å². The number of benzene rings is 1. The molecule has 2 nitrogen and oxygen atoms in total. The van der Waals surface area contributed by atoms with E-state index in [0.717, 1.165) is 4.90 Å². The van der Waals surface area contributed by atoms with Crippen molar-refractivity contribution in [3.8, 4) is 0 Å². The fraction of sp³-hybridized carbons (Fsp3) is 0.300. The molecule has 1 rings (SSSR count). The number of hydrogen-bond donors (Lipinski definition) is 1. The molecule has 0 saturated carbocycles. The third-order valence-electron chi connectivity index (χ3n) is 1.89. The summed E-state index contributed by atoms with van der Waals surface area (Å²) in [5, 5.41) is 0. The molecule has 0 saturated heterocycles. The van der Waals surface area contributed by atoms with E-state index >= 15 is 0 Å². The van der Waals surface area contributed by atoms with Gasteiger partial charge in [0, 0.05) is 10.6 Å². The first kappa shape index (κ1) is 11.6. The SMILES string of the molecule is CSc1cccc(N)c1C(=O)C(C)Br. The highest BCUT2D eigenvalue weighted by atomic mass is 79.9. The maximum atomic E-state index is 11.8. The normalized spacial score (nSPS) is 12.5. The van der Waals surface area contributed by atoms with Gasteiger partial charge >= 0.3 is 0 Å². The molecule has 1 aromatic carbocycles. The van der Waals surface area contributed by atoms with Crippen LogP contribution < -0.4 is 5.73 Å². The molecule has 0 heterocycles. The minimum absolute atomic E-state index is 0.0347.